The van der Waals surface area contributed by atoms with Crippen LogP contribution in [0.15, 0.2) is 28.6 Å². The average Bonchev–Trinajstić information content (AvgIpc) is 3.00. The van der Waals surface area contributed by atoms with Gasteiger partial charge in [-0.15, -0.1) is 15.0 Å². The summed E-state index contributed by atoms with van der Waals surface area (Å²) in [5.74, 6) is 0. The van der Waals surface area contributed by atoms with Crippen LogP contribution in [0.5, 0.6) is 0 Å². The molecule has 126 valence electrons. The zero-order valence-electron chi connectivity index (χ0n) is 13.3. The Hall–Kier alpha value is -0.630. The summed E-state index contributed by atoms with van der Waals surface area (Å²) in [5.41, 5.74) is 0.759. The molecule has 1 aliphatic rings. The van der Waals surface area contributed by atoms with Gasteiger partial charge < -0.3 is 0 Å². The molecule has 0 amide bonds. The quantitative estimate of drug-likeness (QED) is 0.693. The van der Waals surface area contributed by atoms with Gasteiger partial charge in [-0.1, -0.05) is 50.3 Å². The van der Waals surface area contributed by atoms with Crippen LogP contribution in [0.3, 0.4) is 0 Å². The van der Waals surface area contributed by atoms with Crippen LogP contribution in [-0.2, 0) is 10.0 Å². The second-order valence-electron chi connectivity index (χ2n) is 5.84. The van der Waals surface area contributed by atoms with Gasteiger partial charge in [-0.3, -0.25) is 0 Å². The van der Waals surface area contributed by atoms with Crippen LogP contribution in [0.2, 0.25) is 0 Å². The Morgan fingerprint density at radius 1 is 1.26 bits per heavy atom. The SMILES string of the molecule is CCCN(SC1CCCCC1)S(=O)(=O)c1nc2ccccc2s1. The molecule has 1 saturated carbocycles. The zero-order valence-corrected chi connectivity index (χ0v) is 15.7. The number of benzene rings is 1. The minimum atomic E-state index is -3.52. The van der Waals surface area contributed by atoms with Gasteiger partial charge in [0.15, 0.2) is 0 Å². The summed E-state index contributed by atoms with van der Waals surface area (Å²) in [5, 5.41) is 0.416. The standard InChI is InChI=1S/C16H22N2O2S3/c1-2-12-18(22-13-8-4-3-5-9-13)23(19,20)16-17-14-10-6-7-11-15(14)21-16/h6-7,10-11,13H,2-5,8-9,12H2,1H3. The number of fused-ring (bicyclic) bond motifs is 1. The lowest BCUT2D eigenvalue weighted by Gasteiger charge is -2.27. The van der Waals surface area contributed by atoms with E-state index in [-0.39, 0.29) is 4.34 Å². The Morgan fingerprint density at radius 2 is 2.00 bits per heavy atom. The number of hydrogen-bond donors (Lipinski definition) is 0. The van der Waals surface area contributed by atoms with Crippen LogP contribution in [0.1, 0.15) is 45.4 Å². The molecular formula is C16H22N2O2S3. The van der Waals surface area contributed by atoms with Gasteiger partial charge in [-0.05, 0) is 31.4 Å². The van der Waals surface area contributed by atoms with Crippen molar-refractivity contribution in [1.29, 1.82) is 0 Å². The highest BCUT2D eigenvalue weighted by atomic mass is 32.3. The fourth-order valence-corrected chi connectivity index (χ4v) is 7.60. The monoisotopic (exact) mass is 370 g/mol. The van der Waals surface area contributed by atoms with Crippen LogP contribution >= 0.6 is 23.3 Å². The summed E-state index contributed by atoms with van der Waals surface area (Å²) in [4.78, 5) is 4.36. The van der Waals surface area contributed by atoms with E-state index in [9.17, 15) is 8.42 Å². The highest BCUT2D eigenvalue weighted by Crippen LogP contribution is 2.36. The van der Waals surface area contributed by atoms with Crippen molar-refractivity contribution in [1.82, 2.24) is 8.69 Å². The normalized spacial score (nSPS) is 17.1. The van der Waals surface area contributed by atoms with Gasteiger partial charge in [0.25, 0.3) is 10.0 Å². The van der Waals surface area contributed by atoms with Gasteiger partial charge in [0.1, 0.15) is 0 Å². The van der Waals surface area contributed by atoms with Crippen LogP contribution < -0.4 is 0 Å². The molecule has 1 fully saturated rings. The molecular weight excluding hydrogens is 348 g/mol. The fourth-order valence-electron chi connectivity index (χ4n) is 2.80. The van der Waals surface area contributed by atoms with Gasteiger partial charge in [0.2, 0.25) is 4.34 Å². The number of hydrogen-bond acceptors (Lipinski definition) is 5. The summed E-state index contributed by atoms with van der Waals surface area (Å²) in [6.07, 6.45) is 6.72. The molecule has 0 saturated heterocycles. The molecule has 0 spiro atoms. The Morgan fingerprint density at radius 3 is 2.70 bits per heavy atom. The lowest BCUT2D eigenvalue weighted by molar-refractivity contribution is 0.501. The van der Waals surface area contributed by atoms with Crippen molar-refractivity contribution in [2.45, 2.75) is 55.0 Å². The third-order valence-electron chi connectivity index (χ3n) is 3.99. The first-order valence-electron chi connectivity index (χ1n) is 8.16. The number of nitrogens with zero attached hydrogens (tertiary/aromatic N) is 2. The van der Waals surface area contributed by atoms with E-state index in [2.05, 4.69) is 4.98 Å². The Balaban J connectivity index is 1.86. The van der Waals surface area contributed by atoms with Crippen molar-refractivity contribution in [3.63, 3.8) is 0 Å². The van der Waals surface area contributed by atoms with Crippen LogP contribution in [-0.4, -0.2) is 28.9 Å². The molecule has 0 bridgehead atoms. The summed E-state index contributed by atoms with van der Waals surface area (Å²) in [6, 6.07) is 7.59. The molecule has 2 aromatic rings. The van der Waals surface area contributed by atoms with Crippen molar-refractivity contribution in [3.8, 4) is 0 Å². The number of thiazole rings is 1. The van der Waals surface area contributed by atoms with E-state index in [1.54, 1.807) is 3.71 Å². The predicted molar refractivity (Wildman–Crippen MR) is 98.3 cm³/mol. The molecule has 0 atom stereocenters. The smallest absolute Gasteiger partial charge is 0.224 e. The summed E-state index contributed by atoms with van der Waals surface area (Å²) < 4.78 is 28.8. The maximum absolute atomic E-state index is 13.0. The lowest BCUT2D eigenvalue weighted by atomic mass is 10.0. The zero-order chi connectivity index (χ0) is 16.3. The van der Waals surface area contributed by atoms with Gasteiger partial charge in [-0.2, -0.15) is 0 Å². The molecule has 23 heavy (non-hydrogen) atoms. The third kappa shape index (κ3) is 3.90. The minimum Gasteiger partial charge on any atom is -0.224 e. The molecule has 1 aromatic heterocycles. The first-order chi connectivity index (χ1) is 11.1. The van der Waals surface area contributed by atoms with Gasteiger partial charge in [0.05, 0.1) is 10.2 Å². The van der Waals surface area contributed by atoms with Crippen molar-refractivity contribution >= 4 is 43.5 Å². The first kappa shape index (κ1) is 17.2. The molecule has 1 heterocycles. The van der Waals surface area contributed by atoms with Crippen LogP contribution in [0, 0.1) is 0 Å². The molecule has 0 radical (unpaired) electrons. The van der Waals surface area contributed by atoms with Crippen molar-refractivity contribution in [3.05, 3.63) is 24.3 Å². The van der Waals surface area contributed by atoms with E-state index >= 15 is 0 Å². The molecule has 0 aliphatic heterocycles. The van der Waals surface area contributed by atoms with Crippen molar-refractivity contribution in [2.24, 2.45) is 0 Å². The molecule has 4 nitrogen and oxygen atoms in total. The second-order valence-corrected chi connectivity index (χ2v) is 10.5. The predicted octanol–water partition coefficient (Wildman–Crippen LogP) is 4.68. The minimum absolute atomic E-state index is 0.218. The van der Waals surface area contributed by atoms with E-state index in [0.29, 0.717) is 11.8 Å². The second kappa shape index (κ2) is 7.51. The van der Waals surface area contributed by atoms with Gasteiger partial charge in [-0.25, -0.2) is 13.4 Å². The van der Waals surface area contributed by atoms with Crippen LogP contribution in [0.25, 0.3) is 10.2 Å². The Bertz CT molecular complexity index is 719. The van der Waals surface area contributed by atoms with E-state index in [4.69, 9.17) is 0 Å². The maximum Gasteiger partial charge on any atom is 0.279 e. The largest absolute Gasteiger partial charge is 0.279 e. The topological polar surface area (TPSA) is 50.3 Å². The molecule has 3 rings (SSSR count). The summed E-state index contributed by atoms with van der Waals surface area (Å²) in [6.45, 7) is 2.56. The summed E-state index contributed by atoms with van der Waals surface area (Å²) in [7, 11) is -3.52. The van der Waals surface area contributed by atoms with Crippen molar-refractivity contribution in [2.75, 3.05) is 6.54 Å². The first-order valence-corrected chi connectivity index (χ1v) is 11.3. The van der Waals surface area contributed by atoms with Gasteiger partial charge >= 0.3 is 0 Å². The average molecular weight is 371 g/mol. The highest BCUT2D eigenvalue weighted by Gasteiger charge is 2.31. The highest BCUT2D eigenvalue weighted by molar-refractivity contribution is 8.09. The van der Waals surface area contributed by atoms with E-state index in [0.717, 1.165) is 29.5 Å². The maximum atomic E-state index is 13.0. The summed E-state index contributed by atoms with van der Waals surface area (Å²) >= 11 is 2.78. The van der Waals surface area contributed by atoms with Crippen molar-refractivity contribution < 1.29 is 8.42 Å². The Kier molecular flexibility index (Phi) is 5.61. The van der Waals surface area contributed by atoms with Gasteiger partial charge in [0, 0.05) is 11.8 Å². The third-order valence-corrected chi connectivity index (χ3v) is 8.99. The number of para-hydroxylation sites is 1. The molecule has 7 heteroatoms. The van der Waals surface area contributed by atoms with Crippen LogP contribution in [0.4, 0.5) is 0 Å². The molecule has 0 N–H and O–H groups in total. The van der Waals surface area contributed by atoms with E-state index in [1.807, 2.05) is 31.2 Å². The molecule has 1 aliphatic carbocycles. The number of sulfonamides is 1. The number of aromatic nitrogens is 1. The molecule has 1 aromatic carbocycles. The van der Waals surface area contributed by atoms with E-state index in [1.165, 1.54) is 42.5 Å². The lowest BCUT2D eigenvalue weighted by Crippen LogP contribution is -2.28. The number of rotatable bonds is 6. The molecule has 0 unspecified atom stereocenters. The fraction of sp³-hybridized carbons (Fsp3) is 0.562. The Labute approximate surface area is 146 Å². The van der Waals surface area contributed by atoms with E-state index < -0.39 is 10.0 Å².